The Bertz CT molecular complexity index is 2750. The van der Waals surface area contributed by atoms with Crippen molar-refractivity contribution in [1.82, 2.24) is 0 Å². The molecule has 0 unspecified atom stereocenters. The molecule has 5 aromatic carbocycles. The summed E-state index contributed by atoms with van der Waals surface area (Å²) in [4.78, 5) is 55.8. The van der Waals surface area contributed by atoms with Gasteiger partial charge in [0.15, 0.2) is 11.5 Å². The number of rotatable bonds is 20. The third-order valence-corrected chi connectivity index (χ3v) is 12.7. The molecule has 14 heteroatoms. The van der Waals surface area contributed by atoms with Gasteiger partial charge in [-0.15, -0.1) is 0 Å². The lowest BCUT2D eigenvalue weighted by atomic mass is 10.1. The average molecular weight is 920 g/mol. The Kier molecular flexibility index (Phi) is 14.1. The number of hydrogen-bond donors (Lipinski definition) is 0. The molecule has 0 aromatic heterocycles. The number of aliphatic imine (C=N–C) groups is 2. The van der Waals surface area contributed by atoms with Crippen LogP contribution in [-0.4, -0.2) is 96.0 Å². The summed E-state index contributed by atoms with van der Waals surface area (Å²) in [5.41, 5.74) is 9.48. The highest BCUT2D eigenvalue weighted by Crippen LogP contribution is 2.42. The molecule has 0 saturated carbocycles. The fourth-order valence-corrected chi connectivity index (χ4v) is 9.33. The molecule has 0 saturated heterocycles. The Morgan fingerprint density at radius 2 is 1.25 bits per heavy atom. The van der Waals surface area contributed by atoms with Gasteiger partial charge in [0.05, 0.1) is 68.6 Å². The lowest BCUT2D eigenvalue weighted by Crippen LogP contribution is -2.37. The van der Waals surface area contributed by atoms with Crippen LogP contribution < -0.4 is 28.9 Å². The third kappa shape index (κ3) is 9.83. The average Bonchev–Trinajstić information content (AvgIpc) is 3.85. The Hall–Kier alpha value is -7.03. The number of nitrogens with zero attached hydrogens (tertiary/aromatic N) is 5. The number of methoxy groups -OCH3 is 2. The van der Waals surface area contributed by atoms with Crippen molar-refractivity contribution in [3.8, 4) is 17.2 Å². The van der Waals surface area contributed by atoms with E-state index in [1.165, 1.54) is 7.11 Å². The molecule has 2 amide bonds. The lowest BCUT2D eigenvalue weighted by Gasteiger charge is -2.26. The minimum atomic E-state index is -0.274. The van der Waals surface area contributed by atoms with Crippen molar-refractivity contribution in [3.63, 3.8) is 0 Å². The van der Waals surface area contributed by atoms with Gasteiger partial charge in [-0.1, -0.05) is 43.3 Å². The number of benzene rings is 5. The second-order valence-corrected chi connectivity index (χ2v) is 17.3. The van der Waals surface area contributed by atoms with Crippen molar-refractivity contribution in [1.29, 1.82) is 0 Å². The molecule has 14 nitrogen and oxygen atoms in total. The first-order chi connectivity index (χ1) is 33.2. The molecular formula is C54H57N5O9. The van der Waals surface area contributed by atoms with E-state index < -0.39 is 0 Å². The van der Waals surface area contributed by atoms with Gasteiger partial charge in [-0.25, -0.2) is 0 Å². The number of esters is 1. The van der Waals surface area contributed by atoms with Crippen molar-refractivity contribution in [2.45, 2.75) is 71.2 Å². The summed E-state index contributed by atoms with van der Waals surface area (Å²) in [6.45, 7) is 7.55. The van der Waals surface area contributed by atoms with Gasteiger partial charge in [0, 0.05) is 80.6 Å². The first-order valence-electron chi connectivity index (χ1n) is 23.4. The van der Waals surface area contributed by atoms with Crippen molar-refractivity contribution in [2.24, 2.45) is 9.98 Å². The van der Waals surface area contributed by atoms with E-state index in [1.807, 2.05) is 89.8 Å². The quantitative estimate of drug-likeness (QED) is 0.0549. The largest absolute Gasteiger partial charge is 0.493 e. The van der Waals surface area contributed by atoms with Crippen LogP contribution in [0.1, 0.15) is 74.7 Å². The van der Waals surface area contributed by atoms with E-state index in [1.54, 1.807) is 19.2 Å². The van der Waals surface area contributed by atoms with Crippen LogP contribution in [0.3, 0.4) is 0 Å². The van der Waals surface area contributed by atoms with Gasteiger partial charge in [0.1, 0.15) is 19.0 Å². The predicted octanol–water partition coefficient (Wildman–Crippen LogP) is 8.94. The van der Waals surface area contributed by atoms with Gasteiger partial charge in [0.2, 0.25) is 0 Å². The topological polar surface area (TPSA) is 141 Å². The Morgan fingerprint density at radius 1 is 0.676 bits per heavy atom. The van der Waals surface area contributed by atoms with Crippen molar-refractivity contribution < 1.29 is 42.8 Å². The van der Waals surface area contributed by atoms with E-state index in [2.05, 4.69) is 30.0 Å². The molecule has 0 fully saturated rings. The molecule has 4 heterocycles. The normalized spacial score (nSPS) is 16.2. The van der Waals surface area contributed by atoms with Crippen LogP contribution in [0.2, 0.25) is 0 Å². The van der Waals surface area contributed by atoms with Gasteiger partial charge >= 0.3 is 5.97 Å². The summed E-state index contributed by atoms with van der Waals surface area (Å²) < 4.78 is 35.6. The summed E-state index contributed by atoms with van der Waals surface area (Å²) in [5, 5.41) is 0. The lowest BCUT2D eigenvalue weighted by molar-refractivity contribution is -0.140. The van der Waals surface area contributed by atoms with E-state index in [4.69, 9.17) is 38.4 Å². The molecule has 0 spiro atoms. The maximum absolute atomic E-state index is 14.1. The van der Waals surface area contributed by atoms with Gasteiger partial charge in [0.25, 0.3) is 11.8 Å². The monoisotopic (exact) mass is 919 g/mol. The summed E-state index contributed by atoms with van der Waals surface area (Å²) in [7, 11) is 2.95. The van der Waals surface area contributed by atoms with Crippen molar-refractivity contribution >= 4 is 58.6 Å². The SMILES string of the molecule is CCCOCCOCCN(CCCC(=O)OC)c1cc(COc2cc3c(cc2C)C(=O)N2c4ccccc4C[C@H]2C=N3)cc(COc2cc3c(cc2OC)C(=O)N2c4ccccc4C[C@H]2C=N3)c1. The highest BCUT2D eigenvalue weighted by atomic mass is 16.5. The van der Waals surface area contributed by atoms with E-state index in [0.29, 0.717) is 98.5 Å². The van der Waals surface area contributed by atoms with E-state index in [0.717, 1.165) is 51.3 Å². The first kappa shape index (κ1) is 46.1. The number of anilines is 3. The zero-order chi connectivity index (χ0) is 47.1. The number of hydrogen-bond acceptors (Lipinski definition) is 12. The summed E-state index contributed by atoms with van der Waals surface area (Å²) in [6.07, 6.45) is 6.87. The van der Waals surface area contributed by atoms with Gasteiger partial charge in [-0.05, 0) is 90.0 Å². The summed E-state index contributed by atoms with van der Waals surface area (Å²) >= 11 is 0. The van der Waals surface area contributed by atoms with E-state index >= 15 is 0 Å². The van der Waals surface area contributed by atoms with Crippen LogP contribution in [0.25, 0.3) is 0 Å². The van der Waals surface area contributed by atoms with Gasteiger partial charge in [-0.2, -0.15) is 0 Å². The van der Waals surface area contributed by atoms with Crippen LogP contribution in [0.4, 0.5) is 28.4 Å². The Morgan fingerprint density at radius 3 is 1.85 bits per heavy atom. The number of ether oxygens (including phenoxy) is 6. The molecule has 0 aliphatic carbocycles. The maximum Gasteiger partial charge on any atom is 0.305 e. The van der Waals surface area contributed by atoms with Crippen LogP contribution in [0.5, 0.6) is 17.2 Å². The van der Waals surface area contributed by atoms with Crippen LogP contribution in [0, 0.1) is 6.92 Å². The van der Waals surface area contributed by atoms with E-state index in [9.17, 15) is 14.4 Å². The first-order valence-corrected chi connectivity index (χ1v) is 23.4. The molecule has 4 aliphatic heterocycles. The second-order valence-electron chi connectivity index (χ2n) is 17.3. The number of para-hydroxylation sites is 2. The highest BCUT2D eigenvalue weighted by molar-refractivity contribution is 6.15. The second kappa shape index (κ2) is 20.9. The highest BCUT2D eigenvalue weighted by Gasteiger charge is 2.38. The van der Waals surface area contributed by atoms with Gasteiger partial charge in [-0.3, -0.25) is 34.2 Å². The Labute approximate surface area is 397 Å². The number of fused-ring (bicyclic) bond motifs is 8. The van der Waals surface area contributed by atoms with Crippen molar-refractivity contribution in [3.05, 3.63) is 130 Å². The number of carbonyl (C=O) groups excluding carboxylic acids is 3. The maximum atomic E-state index is 14.1. The fraction of sp³-hybridized carbons (Fsp3) is 0.352. The number of aryl methyl sites for hydroxylation is 1. The Balaban J connectivity index is 0.986. The number of carbonyl (C=O) groups is 3. The van der Waals surface area contributed by atoms with E-state index in [-0.39, 0.29) is 49.5 Å². The molecular weight excluding hydrogens is 863 g/mol. The summed E-state index contributed by atoms with van der Waals surface area (Å²) in [6, 6.07) is 29.0. The molecule has 2 atom stereocenters. The predicted molar refractivity (Wildman–Crippen MR) is 262 cm³/mol. The number of amides is 2. The summed E-state index contributed by atoms with van der Waals surface area (Å²) in [5.74, 6) is 0.959. The fourth-order valence-electron chi connectivity index (χ4n) is 9.33. The van der Waals surface area contributed by atoms with Crippen molar-refractivity contribution in [2.75, 3.05) is 68.4 Å². The zero-order valence-electron chi connectivity index (χ0n) is 39.1. The molecule has 4 aliphatic rings. The van der Waals surface area contributed by atoms with Crippen LogP contribution in [0.15, 0.2) is 101 Å². The molecule has 0 radical (unpaired) electrons. The molecule has 5 aromatic rings. The van der Waals surface area contributed by atoms with Crippen LogP contribution >= 0.6 is 0 Å². The molecule has 9 rings (SSSR count). The smallest absolute Gasteiger partial charge is 0.305 e. The van der Waals surface area contributed by atoms with Gasteiger partial charge < -0.3 is 33.3 Å². The molecule has 352 valence electrons. The molecule has 68 heavy (non-hydrogen) atoms. The van der Waals surface area contributed by atoms with Crippen LogP contribution in [-0.2, 0) is 45.1 Å². The zero-order valence-corrected chi connectivity index (χ0v) is 39.1. The molecule has 0 bridgehead atoms. The minimum absolute atomic E-state index is 0.0835. The minimum Gasteiger partial charge on any atom is -0.493 e. The standard InChI is InChI=1S/C54H57N5O9/c1-5-18-65-20-21-66-19-17-57(16-10-15-52(60)64-4)40-24-36(33-67-49-29-45-43(22-35(49)2)53(61)58-41(31-55-45)26-38-11-6-8-13-47(38)58)23-37(25-40)34-68-51-30-46-44(28-50(51)63-3)54(62)59-42(32-56-46)27-39-12-7-9-14-48(39)59/h6-9,11-14,22-25,28-32,41-42H,5,10,15-21,26-27,33-34H2,1-4H3/t41-,42-/m0/s1. The molecule has 0 N–H and O–H groups in total. The third-order valence-electron chi connectivity index (χ3n) is 12.7.